The normalized spacial score (nSPS) is 10.6. The van der Waals surface area contributed by atoms with Crippen LogP contribution >= 0.6 is 11.6 Å². The zero-order valence-electron chi connectivity index (χ0n) is 19.0. The number of hydrogen-bond acceptors (Lipinski definition) is 6. The van der Waals surface area contributed by atoms with E-state index in [1.54, 1.807) is 55.5 Å². The number of hydrogen-bond donors (Lipinski definition) is 2. The zero-order chi connectivity index (χ0) is 25.2. The van der Waals surface area contributed by atoms with E-state index in [4.69, 9.17) is 25.8 Å². The van der Waals surface area contributed by atoms with Crippen LogP contribution in [0.1, 0.15) is 18.1 Å². The van der Waals surface area contributed by atoms with Crippen LogP contribution in [0.25, 0.3) is 0 Å². The second-order valence-electron chi connectivity index (χ2n) is 7.01. The standard InChI is InChI=1S/C25H23ClFN3O5/c1-3-34-23-13-16(7-12-22(23)35-15-19-20(26)5-4-6-21(19)27)14-28-30-25(32)24(31)29-17-8-10-18(33-2)11-9-17/h4-14H,3,15H2,1-2H3,(H,29,31)(H,30,32)/b28-14+. The monoisotopic (exact) mass is 499 g/mol. The van der Waals surface area contributed by atoms with Crippen LogP contribution in [0.2, 0.25) is 5.02 Å². The minimum Gasteiger partial charge on any atom is -0.497 e. The molecule has 35 heavy (non-hydrogen) atoms. The van der Waals surface area contributed by atoms with Crippen molar-refractivity contribution < 1.29 is 28.2 Å². The molecule has 0 unspecified atom stereocenters. The second-order valence-corrected chi connectivity index (χ2v) is 7.42. The van der Waals surface area contributed by atoms with Gasteiger partial charge in [0.25, 0.3) is 0 Å². The van der Waals surface area contributed by atoms with Gasteiger partial charge in [-0.3, -0.25) is 9.59 Å². The summed E-state index contributed by atoms with van der Waals surface area (Å²) in [5.41, 5.74) is 3.40. The van der Waals surface area contributed by atoms with Crippen molar-refractivity contribution >= 4 is 35.3 Å². The molecular weight excluding hydrogens is 477 g/mol. The van der Waals surface area contributed by atoms with Crippen LogP contribution in [0.3, 0.4) is 0 Å². The summed E-state index contributed by atoms with van der Waals surface area (Å²) in [6.07, 6.45) is 1.35. The van der Waals surface area contributed by atoms with Crippen molar-refractivity contribution in [2.24, 2.45) is 5.10 Å². The van der Waals surface area contributed by atoms with Gasteiger partial charge in [-0.2, -0.15) is 5.10 Å². The van der Waals surface area contributed by atoms with Gasteiger partial charge in [-0.25, -0.2) is 9.82 Å². The van der Waals surface area contributed by atoms with Crippen LogP contribution in [-0.4, -0.2) is 31.7 Å². The number of hydrazone groups is 1. The largest absolute Gasteiger partial charge is 0.497 e. The van der Waals surface area contributed by atoms with Gasteiger partial charge >= 0.3 is 11.8 Å². The lowest BCUT2D eigenvalue weighted by Crippen LogP contribution is -2.32. The smallest absolute Gasteiger partial charge is 0.329 e. The van der Waals surface area contributed by atoms with Gasteiger partial charge in [0.05, 0.1) is 25.0 Å². The number of nitrogens with one attached hydrogen (secondary N) is 2. The van der Waals surface area contributed by atoms with Crippen LogP contribution in [0, 0.1) is 5.82 Å². The Kier molecular flexibility index (Phi) is 9.02. The van der Waals surface area contributed by atoms with Gasteiger partial charge in [0.2, 0.25) is 0 Å². The van der Waals surface area contributed by atoms with Crippen molar-refractivity contribution in [3.05, 3.63) is 82.6 Å². The highest BCUT2D eigenvalue weighted by molar-refractivity contribution is 6.39. The van der Waals surface area contributed by atoms with Crippen LogP contribution < -0.4 is 25.0 Å². The van der Waals surface area contributed by atoms with Crippen molar-refractivity contribution in [1.29, 1.82) is 0 Å². The maximum Gasteiger partial charge on any atom is 0.329 e. The average molecular weight is 500 g/mol. The molecule has 2 N–H and O–H groups in total. The topological polar surface area (TPSA) is 98.2 Å². The summed E-state index contributed by atoms with van der Waals surface area (Å²) in [4.78, 5) is 24.0. The predicted octanol–water partition coefficient (Wildman–Crippen LogP) is 4.55. The molecule has 3 aromatic carbocycles. The van der Waals surface area contributed by atoms with Crippen molar-refractivity contribution in [3.8, 4) is 17.2 Å². The molecule has 0 aliphatic rings. The van der Waals surface area contributed by atoms with Crippen molar-refractivity contribution in [3.63, 3.8) is 0 Å². The first-order valence-electron chi connectivity index (χ1n) is 10.5. The van der Waals surface area contributed by atoms with Gasteiger partial charge < -0.3 is 19.5 Å². The molecule has 0 saturated heterocycles. The molecule has 3 rings (SSSR count). The molecule has 182 valence electrons. The number of carbonyl (C=O) groups excluding carboxylic acids is 2. The summed E-state index contributed by atoms with van der Waals surface area (Å²) in [7, 11) is 1.53. The molecule has 0 saturated carbocycles. The number of nitrogens with zero attached hydrogens (tertiary/aromatic N) is 1. The fourth-order valence-electron chi connectivity index (χ4n) is 2.89. The Balaban J connectivity index is 1.60. The number of anilines is 1. The molecule has 10 heteroatoms. The van der Waals surface area contributed by atoms with Gasteiger partial charge in [-0.15, -0.1) is 0 Å². The predicted molar refractivity (Wildman–Crippen MR) is 131 cm³/mol. The number of carbonyl (C=O) groups is 2. The Morgan fingerprint density at radius 1 is 1.03 bits per heavy atom. The van der Waals surface area contributed by atoms with E-state index in [0.29, 0.717) is 35.1 Å². The molecule has 0 heterocycles. The molecule has 8 nitrogen and oxygen atoms in total. The summed E-state index contributed by atoms with van der Waals surface area (Å²) in [6, 6.07) is 15.8. The minimum absolute atomic E-state index is 0.0849. The molecular formula is C25H23ClFN3O5. The van der Waals surface area contributed by atoms with E-state index in [-0.39, 0.29) is 17.2 Å². The van der Waals surface area contributed by atoms with Gasteiger partial charge in [0.1, 0.15) is 18.2 Å². The lowest BCUT2D eigenvalue weighted by molar-refractivity contribution is -0.136. The van der Waals surface area contributed by atoms with Gasteiger partial charge in [-0.05, 0) is 67.1 Å². The number of rotatable bonds is 9. The van der Waals surface area contributed by atoms with Gasteiger partial charge in [-0.1, -0.05) is 17.7 Å². The highest BCUT2D eigenvalue weighted by Crippen LogP contribution is 2.30. The Bertz CT molecular complexity index is 1200. The number of benzene rings is 3. The molecule has 0 radical (unpaired) electrons. The highest BCUT2D eigenvalue weighted by Gasteiger charge is 2.14. The average Bonchev–Trinajstić information content (AvgIpc) is 2.85. The van der Waals surface area contributed by atoms with E-state index in [2.05, 4.69) is 15.8 Å². The quantitative estimate of drug-likeness (QED) is 0.255. The molecule has 0 aliphatic heterocycles. The number of ether oxygens (including phenoxy) is 3. The molecule has 0 spiro atoms. The molecule has 0 aromatic heterocycles. The highest BCUT2D eigenvalue weighted by atomic mass is 35.5. The Morgan fingerprint density at radius 2 is 1.80 bits per heavy atom. The van der Waals surface area contributed by atoms with E-state index < -0.39 is 17.6 Å². The SMILES string of the molecule is CCOc1cc(/C=N/NC(=O)C(=O)Nc2ccc(OC)cc2)ccc1OCc1c(F)cccc1Cl. The van der Waals surface area contributed by atoms with Crippen LogP contribution in [0.5, 0.6) is 17.2 Å². The van der Waals surface area contributed by atoms with E-state index in [1.165, 1.54) is 25.5 Å². The van der Waals surface area contributed by atoms with Crippen molar-refractivity contribution in [2.75, 3.05) is 19.0 Å². The van der Waals surface area contributed by atoms with E-state index in [9.17, 15) is 14.0 Å². The lowest BCUT2D eigenvalue weighted by atomic mass is 10.2. The van der Waals surface area contributed by atoms with Gasteiger partial charge in [0.15, 0.2) is 11.5 Å². The van der Waals surface area contributed by atoms with Crippen LogP contribution in [0.4, 0.5) is 10.1 Å². The maximum absolute atomic E-state index is 14.0. The van der Waals surface area contributed by atoms with Crippen molar-refractivity contribution in [1.82, 2.24) is 5.43 Å². The Morgan fingerprint density at radius 3 is 2.49 bits per heavy atom. The molecule has 0 fully saturated rings. The van der Waals surface area contributed by atoms with E-state index >= 15 is 0 Å². The lowest BCUT2D eigenvalue weighted by Gasteiger charge is -2.13. The number of methoxy groups -OCH3 is 1. The Labute approximate surface area is 206 Å². The zero-order valence-corrected chi connectivity index (χ0v) is 19.8. The van der Waals surface area contributed by atoms with E-state index in [0.717, 1.165) is 0 Å². The number of amides is 2. The minimum atomic E-state index is -0.941. The summed E-state index contributed by atoms with van der Waals surface area (Å²) in [6.45, 7) is 2.08. The summed E-state index contributed by atoms with van der Waals surface area (Å²) < 4.78 is 30.4. The first-order valence-corrected chi connectivity index (χ1v) is 10.9. The third-order valence-corrected chi connectivity index (χ3v) is 4.99. The summed E-state index contributed by atoms with van der Waals surface area (Å²) in [5.74, 6) is -0.887. The van der Waals surface area contributed by atoms with E-state index in [1.807, 2.05) is 0 Å². The number of halogens is 2. The summed E-state index contributed by atoms with van der Waals surface area (Å²) >= 11 is 6.05. The first-order chi connectivity index (χ1) is 16.9. The van der Waals surface area contributed by atoms with Crippen LogP contribution in [0.15, 0.2) is 65.8 Å². The second kappa shape index (κ2) is 12.4. The first kappa shape index (κ1) is 25.5. The molecule has 0 bridgehead atoms. The molecule has 3 aromatic rings. The summed E-state index contributed by atoms with van der Waals surface area (Å²) in [5, 5.41) is 6.53. The van der Waals surface area contributed by atoms with Gasteiger partial charge in [0, 0.05) is 11.3 Å². The third-order valence-electron chi connectivity index (χ3n) is 4.64. The molecule has 0 atom stereocenters. The Hall–Kier alpha value is -4.11. The molecule has 2 amide bonds. The molecule has 0 aliphatic carbocycles. The third kappa shape index (κ3) is 7.18. The fourth-order valence-corrected chi connectivity index (χ4v) is 3.11. The fraction of sp³-hybridized carbons (Fsp3) is 0.160. The maximum atomic E-state index is 14.0. The van der Waals surface area contributed by atoms with Crippen LogP contribution in [-0.2, 0) is 16.2 Å². The van der Waals surface area contributed by atoms with Crippen molar-refractivity contribution in [2.45, 2.75) is 13.5 Å².